The number of fused-ring (bicyclic) bond motifs is 1. The van der Waals surface area contributed by atoms with Crippen molar-refractivity contribution in [3.05, 3.63) is 29.8 Å². The van der Waals surface area contributed by atoms with Crippen molar-refractivity contribution in [1.29, 1.82) is 0 Å². The van der Waals surface area contributed by atoms with Gasteiger partial charge >= 0.3 is 0 Å². The van der Waals surface area contributed by atoms with Gasteiger partial charge in [-0.05, 0) is 51.5 Å². The van der Waals surface area contributed by atoms with E-state index in [9.17, 15) is 0 Å². The van der Waals surface area contributed by atoms with Gasteiger partial charge in [0.05, 0.1) is 0 Å². The molecule has 0 aliphatic carbocycles. The number of hydrogen-bond donors (Lipinski definition) is 1. The Bertz CT molecular complexity index is 446. The van der Waals surface area contributed by atoms with Crippen LogP contribution in [0.4, 0.5) is 5.69 Å². The fourth-order valence-electron chi connectivity index (χ4n) is 3.74. The Morgan fingerprint density at radius 3 is 3.00 bits per heavy atom. The highest BCUT2D eigenvalue weighted by atomic mass is 15.2. The van der Waals surface area contributed by atoms with E-state index >= 15 is 0 Å². The van der Waals surface area contributed by atoms with Gasteiger partial charge in [0.1, 0.15) is 0 Å². The van der Waals surface area contributed by atoms with Gasteiger partial charge in [-0.2, -0.15) is 0 Å². The molecule has 1 fully saturated rings. The monoisotopic (exact) mass is 273 g/mol. The lowest BCUT2D eigenvalue weighted by Crippen LogP contribution is -2.46. The van der Waals surface area contributed by atoms with Crippen molar-refractivity contribution in [1.82, 2.24) is 9.80 Å². The van der Waals surface area contributed by atoms with Crippen LogP contribution >= 0.6 is 0 Å². The largest absolute Gasteiger partial charge is 0.385 e. The first kappa shape index (κ1) is 13.9. The molecular weight excluding hydrogens is 246 g/mol. The highest BCUT2D eigenvalue weighted by molar-refractivity contribution is 5.54. The molecule has 2 heterocycles. The number of likely N-dealkylation sites (N-methyl/N-ethyl adjacent to an activating group) is 2. The van der Waals surface area contributed by atoms with Crippen molar-refractivity contribution >= 4 is 5.69 Å². The van der Waals surface area contributed by atoms with Crippen LogP contribution in [0.5, 0.6) is 0 Å². The standard InChI is InChI=1S/C17H27N3/c1-19-11-5-6-15(13-19)20(2)12-14-9-10-18-17-8-4-3-7-16(14)17/h3-4,7-8,14-15,18H,5-6,9-13H2,1-2H3. The summed E-state index contributed by atoms with van der Waals surface area (Å²) in [5.74, 6) is 0.685. The van der Waals surface area contributed by atoms with E-state index in [4.69, 9.17) is 0 Å². The summed E-state index contributed by atoms with van der Waals surface area (Å²) in [6.45, 7) is 4.79. The molecule has 20 heavy (non-hydrogen) atoms. The van der Waals surface area contributed by atoms with Crippen LogP contribution in [0.1, 0.15) is 30.7 Å². The van der Waals surface area contributed by atoms with Gasteiger partial charge in [-0.25, -0.2) is 0 Å². The van der Waals surface area contributed by atoms with Crippen LogP contribution in [0.25, 0.3) is 0 Å². The molecule has 3 nitrogen and oxygen atoms in total. The van der Waals surface area contributed by atoms with Crippen molar-refractivity contribution in [2.24, 2.45) is 0 Å². The number of rotatable bonds is 3. The van der Waals surface area contributed by atoms with Crippen LogP contribution in [0.15, 0.2) is 24.3 Å². The Labute approximate surface area is 123 Å². The molecule has 3 heteroatoms. The van der Waals surface area contributed by atoms with Crippen LogP contribution in [0, 0.1) is 0 Å². The van der Waals surface area contributed by atoms with Gasteiger partial charge in [-0.15, -0.1) is 0 Å². The molecule has 0 radical (unpaired) electrons. The quantitative estimate of drug-likeness (QED) is 0.913. The average molecular weight is 273 g/mol. The lowest BCUT2D eigenvalue weighted by atomic mass is 9.90. The summed E-state index contributed by atoms with van der Waals surface area (Å²) >= 11 is 0. The second-order valence-electron chi connectivity index (χ2n) is 6.50. The number of nitrogens with one attached hydrogen (secondary N) is 1. The van der Waals surface area contributed by atoms with Gasteiger partial charge in [-0.3, -0.25) is 0 Å². The number of likely N-dealkylation sites (tertiary alicyclic amines) is 1. The van der Waals surface area contributed by atoms with E-state index < -0.39 is 0 Å². The van der Waals surface area contributed by atoms with E-state index in [1.807, 2.05) is 0 Å². The minimum absolute atomic E-state index is 0.685. The molecule has 1 saturated heterocycles. The zero-order chi connectivity index (χ0) is 13.9. The Kier molecular flexibility index (Phi) is 4.27. The van der Waals surface area contributed by atoms with Gasteiger partial charge in [0.15, 0.2) is 0 Å². The molecule has 0 aromatic heterocycles. The van der Waals surface area contributed by atoms with Gasteiger partial charge in [0.25, 0.3) is 0 Å². The average Bonchev–Trinajstić information content (AvgIpc) is 2.47. The third-order valence-electron chi connectivity index (χ3n) is 4.94. The van der Waals surface area contributed by atoms with Crippen molar-refractivity contribution in [3.63, 3.8) is 0 Å². The maximum atomic E-state index is 3.53. The fraction of sp³-hybridized carbons (Fsp3) is 0.647. The maximum absolute atomic E-state index is 3.53. The molecule has 110 valence electrons. The molecule has 2 unspecified atom stereocenters. The van der Waals surface area contributed by atoms with Crippen LogP contribution < -0.4 is 5.32 Å². The van der Waals surface area contributed by atoms with Crippen LogP contribution in [0.3, 0.4) is 0 Å². The van der Waals surface area contributed by atoms with E-state index in [0.717, 1.165) is 12.6 Å². The minimum atomic E-state index is 0.685. The topological polar surface area (TPSA) is 18.5 Å². The Morgan fingerprint density at radius 2 is 2.15 bits per heavy atom. The van der Waals surface area contributed by atoms with Crippen molar-refractivity contribution in [3.8, 4) is 0 Å². The van der Waals surface area contributed by atoms with Crippen LogP contribution in [-0.4, -0.2) is 56.1 Å². The van der Waals surface area contributed by atoms with E-state index in [1.165, 1.54) is 50.1 Å². The first-order valence-corrected chi connectivity index (χ1v) is 7.95. The number of piperidine rings is 1. The Morgan fingerprint density at radius 1 is 1.30 bits per heavy atom. The van der Waals surface area contributed by atoms with E-state index in [0.29, 0.717) is 5.92 Å². The smallest absolute Gasteiger partial charge is 0.0376 e. The maximum Gasteiger partial charge on any atom is 0.0376 e. The summed E-state index contributed by atoms with van der Waals surface area (Å²) in [4.78, 5) is 5.07. The summed E-state index contributed by atoms with van der Waals surface area (Å²) in [5, 5.41) is 3.53. The highest BCUT2D eigenvalue weighted by Crippen LogP contribution is 2.32. The summed E-state index contributed by atoms with van der Waals surface area (Å²) in [6, 6.07) is 9.56. The van der Waals surface area contributed by atoms with E-state index in [2.05, 4.69) is 53.5 Å². The lowest BCUT2D eigenvalue weighted by Gasteiger charge is -2.38. The predicted octanol–water partition coefficient (Wildman–Crippen LogP) is 2.61. The molecular formula is C17H27N3. The van der Waals surface area contributed by atoms with Gasteiger partial charge in [0, 0.05) is 37.3 Å². The van der Waals surface area contributed by atoms with E-state index in [-0.39, 0.29) is 0 Å². The molecule has 0 spiro atoms. The molecule has 3 rings (SSSR count). The summed E-state index contributed by atoms with van der Waals surface area (Å²) in [5.41, 5.74) is 2.85. The Hall–Kier alpha value is -1.06. The number of benzene rings is 1. The van der Waals surface area contributed by atoms with Gasteiger partial charge in [-0.1, -0.05) is 18.2 Å². The molecule has 0 bridgehead atoms. The third-order valence-corrected chi connectivity index (χ3v) is 4.94. The number of nitrogens with zero attached hydrogens (tertiary/aromatic N) is 2. The van der Waals surface area contributed by atoms with Crippen molar-refractivity contribution in [2.45, 2.75) is 31.2 Å². The summed E-state index contributed by atoms with van der Waals surface area (Å²) in [6.07, 6.45) is 3.95. The van der Waals surface area contributed by atoms with Crippen LogP contribution in [0.2, 0.25) is 0 Å². The molecule has 0 amide bonds. The second-order valence-corrected chi connectivity index (χ2v) is 6.50. The molecule has 2 aliphatic heterocycles. The summed E-state index contributed by atoms with van der Waals surface area (Å²) in [7, 11) is 4.56. The lowest BCUT2D eigenvalue weighted by molar-refractivity contribution is 0.128. The third kappa shape index (κ3) is 2.99. The number of para-hydroxylation sites is 1. The fourth-order valence-corrected chi connectivity index (χ4v) is 3.74. The SMILES string of the molecule is CN1CCCC(N(C)CC2CCNc3ccccc32)C1. The molecule has 2 atom stereocenters. The molecule has 2 aliphatic rings. The second kappa shape index (κ2) is 6.15. The van der Waals surface area contributed by atoms with E-state index in [1.54, 1.807) is 0 Å². The molecule has 1 aromatic carbocycles. The molecule has 1 aromatic rings. The Balaban J connectivity index is 1.66. The van der Waals surface area contributed by atoms with Crippen LogP contribution in [-0.2, 0) is 0 Å². The first-order chi connectivity index (χ1) is 9.74. The zero-order valence-corrected chi connectivity index (χ0v) is 12.8. The minimum Gasteiger partial charge on any atom is -0.385 e. The van der Waals surface area contributed by atoms with Gasteiger partial charge < -0.3 is 15.1 Å². The predicted molar refractivity (Wildman–Crippen MR) is 85.4 cm³/mol. The molecule has 1 N–H and O–H groups in total. The summed E-state index contributed by atoms with van der Waals surface area (Å²) < 4.78 is 0. The zero-order valence-electron chi connectivity index (χ0n) is 12.8. The van der Waals surface area contributed by atoms with Crippen molar-refractivity contribution < 1.29 is 0 Å². The first-order valence-electron chi connectivity index (χ1n) is 7.95. The number of anilines is 1. The van der Waals surface area contributed by atoms with Crippen molar-refractivity contribution in [2.75, 3.05) is 45.6 Å². The normalized spacial score (nSPS) is 27.1. The molecule has 0 saturated carbocycles. The number of hydrogen-bond acceptors (Lipinski definition) is 3. The van der Waals surface area contributed by atoms with Gasteiger partial charge in [0.2, 0.25) is 0 Å². The highest BCUT2D eigenvalue weighted by Gasteiger charge is 2.26.